The fraction of sp³-hybridized carbons (Fsp3) is 0.0741. The summed E-state index contributed by atoms with van der Waals surface area (Å²) in [6.45, 7) is 0. The molecule has 0 aliphatic carbocycles. The van der Waals surface area contributed by atoms with Crippen LogP contribution in [-0.4, -0.2) is 22.4 Å². The topological polar surface area (TPSA) is 69.6 Å². The van der Waals surface area contributed by atoms with Gasteiger partial charge in [0.15, 0.2) is 0 Å². The normalized spacial score (nSPS) is 10.8. The Kier molecular flexibility index (Phi) is 6.47. The maximum Gasteiger partial charge on any atom is 0.256 e. The molecule has 4 nitrogen and oxygen atoms in total. The van der Waals surface area contributed by atoms with Gasteiger partial charge in [0.1, 0.15) is 11.5 Å². The van der Waals surface area contributed by atoms with Gasteiger partial charge in [-0.3, -0.25) is 4.79 Å². The highest BCUT2D eigenvalue weighted by molar-refractivity contribution is 7.98. The van der Waals surface area contributed by atoms with Crippen molar-refractivity contribution in [3.8, 4) is 11.5 Å². The molecule has 1 amide bonds. The van der Waals surface area contributed by atoms with Crippen LogP contribution in [0.2, 0.25) is 0 Å². The number of carbonyl (C=O) groups excluding carboxylic acids is 1. The third-order valence-electron chi connectivity index (χ3n) is 5.32. The van der Waals surface area contributed by atoms with E-state index < -0.39 is 0 Å². The minimum Gasteiger partial charge on any atom is -0.508 e. The molecule has 0 unspecified atom stereocenters. The third kappa shape index (κ3) is 4.63. The second kappa shape index (κ2) is 9.62. The zero-order valence-corrected chi connectivity index (χ0v) is 18.3. The van der Waals surface area contributed by atoms with Crippen LogP contribution in [0.5, 0.6) is 11.5 Å². The third-order valence-corrected chi connectivity index (χ3v) is 6.12. The van der Waals surface area contributed by atoms with Crippen LogP contribution in [0.1, 0.15) is 33.0 Å². The van der Waals surface area contributed by atoms with E-state index in [-0.39, 0.29) is 23.3 Å². The number of phenols is 2. The Morgan fingerprint density at radius 2 is 1.28 bits per heavy atom. The maximum absolute atomic E-state index is 13.4. The fourth-order valence-corrected chi connectivity index (χ4v) is 4.33. The predicted octanol–water partition coefficient (Wildman–Crippen LogP) is 6.25. The van der Waals surface area contributed by atoms with E-state index in [1.807, 2.05) is 79.1 Å². The number of para-hydroxylation sites is 1. The smallest absolute Gasteiger partial charge is 0.256 e. The van der Waals surface area contributed by atoms with Crippen molar-refractivity contribution >= 4 is 23.4 Å². The molecule has 160 valence electrons. The number of phenolic OH excluding ortho intramolecular Hbond substituents is 2. The molecule has 0 aliphatic rings. The molecule has 0 saturated heterocycles. The van der Waals surface area contributed by atoms with E-state index in [1.165, 1.54) is 0 Å². The quantitative estimate of drug-likeness (QED) is 0.244. The molecule has 0 saturated carbocycles. The Morgan fingerprint density at radius 1 is 0.750 bits per heavy atom. The van der Waals surface area contributed by atoms with Crippen LogP contribution in [0.4, 0.5) is 5.69 Å². The van der Waals surface area contributed by atoms with Crippen LogP contribution >= 0.6 is 11.8 Å². The van der Waals surface area contributed by atoms with Crippen molar-refractivity contribution < 1.29 is 15.0 Å². The largest absolute Gasteiger partial charge is 0.508 e. The Morgan fingerprint density at radius 3 is 1.88 bits per heavy atom. The monoisotopic (exact) mass is 441 g/mol. The molecule has 5 heteroatoms. The number of aromatic hydroxyl groups is 2. The van der Waals surface area contributed by atoms with Gasteiger partial charge in [-0.05, 0) is 65.4 Å². The number of rotatable bonds is 6. The van der Waals surface area contributed by atoms with Crippen molar-refractivity contribution in [2.75, 3.05) is 11.6 Å². The SMILES string of the molecule is CSc1ccccc1NC(=O)c1ccccc1C(c1ccc(O)cc1)c1ccc(O)cc1. The van der Waals surface area contributed by atoms with Gasteiger partial charge in [-0.25, -0.2) is 0 Å². The van der Waals surface area contributed by atoms with E-state index in [2.05, 4.69) is 5.32 Å². The van der Waals surface area contributed by atoms with Gasteiger partial charge >= 0.3 is 0 Å². The predicted molar refractivity (Wildman–Crippen MR) is 130 cm³/mol. The molecule has 0 bridgehead atoms. The van der Waals surface area contributed by atoms with Gasteiger partial charge in [0.2, 0.25) is 0 Å². The van der Waals surface area contributed by atoms with Gasteiger partial charge in [-0.2, -0.15) is 0 Å². The average Bonchev–Trinajstić information content (AvgIpc) is 2.82. The van der Waals surface area contributed by atoms with Crippen LogP contribution in [-0.2, 0) is 0 Å². The summed E-state index contributed by atoms with van der Waals surface area (Å²) < 4.78 is 0. The first-order valence-electron chi connectivity index (χ1n) is 10.2. The maximum atomic E-state index is 13.4. The molecule has 0 aromatic heterocycles. The molecule has 0 atom stereocenters. The second-order valence-corrected chi connectivity index (χ2v) is 8.21. The van der Waals surface area contributed by atoms with Crippen LogP contribution in [0.15, 0.2) is 102 Å². The summed E-state index contributed by atoms with van der Waals surface area (Å²) in [7, 11) is 0. The van der Waals surface area contributed by atoms with E-state index in [0.29, 0.717) is 5.56 Å². The zero-order valence-electron chi connectivity index (χ0n) is 17.5. The Balaban J connectivity index is 1.79. The molecule has 4 rings (SSSR count). The molecule has 4 aromatic rings. The lowest BCUT2D eigenvalue weighted by Crippen LogP contribution is -2.17. The van der Waals surface area contributed by atoms with Crippen molar-refractivity contribution in [3.05, 3.63) is 119 Å². The van der Waals surface area contributed by atoms with E-state index >= 15 is 0 Å². The lowest BCUT2D eigenvalue weighted by molar-refractivity contribution is 0.102. The first-order valence-corrected chi connectivity index (χ1v) is 11.4. The number of hydrogen-bond acceptors (Lipinski definition) is 4. The number of thioether (sulfide) groups is 1. The van der Waals surface area contributed by atoms with Gasteiger partial charge in [0.25, 0.3) is 5.91 Å². The summed E-state index contributed by atoms with van der Waals surface area (Å²) in [4.78, 5) is 14.4. The van der Waals surface area contributed by atoms with Crippen LogP contribution in [0.3, 0.4) is 0 Å². The highest BCUT2D eigenvalue weighted by Crippen LogP contribution is 2.36. The van der Waals surface area contributed by atoms with Crippen molar-refractivity contribution in [2.45, 2.75) is 10.8 Å². The highest BCUT2D eigenvalue weighted by atomic mass is 32.2. The number of benzene rings is 4. The minimum atomic E-state index is -0.256. The molecule has 0 radical (unpaired) electrons. The summed E-state index contributed by atoms with van der Waals surface area (Å²) in [6.07, 6.45) is 1.98. The number of hydrogen-bond donors (Lipinski definition) is 3. The molecule has 3 N–H and O–H groups in total. The van der Waals surface area contributed by atoms with E-state index in [9.17, 15) is 15.0 Å². The Labute approximate surface area is 191 Å². The van der Waals surface area contributed by atoms with Gasteiger partial charge in [0.05, 0.1) is 5.69 Å². The molecule has 32 heavy (non-hydrogen) atoms. The van der Waals surface area contributed by atoms with Gasteiger partial charge in [-0.15, -0.1) is 11.8 Å². The van der Waals surface area contributed by atoms with E-state index in [0.717, 1.165) is 27.3 Å². The van der Waals surface area contributed by atoms with Crippen LogP contribution < -0.4 is 5.32 Å². The number of anilines is 1. The number of amides is 1. The Hall–Kier alpha value is -3.70. The average molecular weight is 442 g/mol. The minimum absolute atomic E-state index is 0.179. The summed E-state index contributed by atoms with van der Waals surface area (Å²) in [5.74, 6) is -0.0885. The summed E-state index contributed by atoms with van der Waals surface area (Å²) in [6, 6.07) is 29.2. The molecule has 0 aliphatic heterocycles. The van der Waals surface area contributed by atoms with Crippen molar-refractivity contribution in [2.24, 2.45) is 0 Å². The number of carbonyl (C=O) groups is 1. The molecule has 0 fully saturated rings. The second-order valence-electron chi connectivity index (χ2n) is 7.36. The summed E-state index contributed by atoms with van der Waals surface area (Å²) >= 11 is 1.58. The first kappa shape index (κ1) is 21.5. The van der Waals surface area contributed by atoms with Gasteiger partial charge in [-0.1, -0.05) is 54.6 Å². The molecular formula is C27H23NO3S. The van der Waals surface area contributed by atoms with Crippen molar-refractivity contribution in [1.82, 2.24) is 0 Å². The summed E-state index contributed by atoms with van der Waals surface area (Å²) in [5, 5.41) is 22.6. The highest BCUT2D eigenvalue weighted by Gasteiger charge is 2.23. The molecule has 4 aromatic carbocycles. The fourth-order valence-electron chi connectivity index (χ4n) is 3.78. The van der Waals surface area contributed by atoms with Crippen LogP contribution in [0, 0.1) is 0 Å². The van der Waals surface area contributed by atoms with Crippen molar-refractivity contribution in [3.63, 3.8) is 0 Å². The zero-order chi connectivity index (χ0) is 22.5. The van der Waals surface area contributed by atoms with Crippen LogP contribution in [0.25, 0.3) is 0 Å². The van der Waals surface area contributed by atoms with Gasteiger partial charge in [0, 0.05) is 16.4 Å². The summed E-state index contributed by atoms with van der Waals surface area (Å²) in [5.41, 5.74) is 4.03. The van der Waals surface area contributed by atoms with E-state index in [4.69, 9.17) is 0 Å². The molecular weight excluding hydrogens is 418 g/mol. The standard InChI is InChI=1S/C27H23NO3S/c1-32-25-9-5-4-8-24(25)28-27(31)23-7-3-2-6-22(23)26(18-10-14-20(29)15-11-18)19-12-16-21(30)17-13-19/h2-17,26,29-30H,1H3,(H,28,31). The van der Waals surface area contributed by atoms with Crippen molar-refractivity contribution in [1.29, 1.82) is 0 Å². The first-order chi connectivity index (χ1) is 15.6. The van der Waals surface area contributed by atoms with Gasteiger partial charge < -0.3 is 15.5 Å². The lowest BCUT2D eigenvalue weighted by Gasteiger charge is -2.22. The lowest BCUT2D eigenvalue weighted by atomic mass is 9.82. The Bertz CT molecular complexity index is 1170. The molecule has 0 spiro atoms. The number of nitrogens with one attached hydrogen (secondary N) is 1. The van der Waals surface area contributed by atoms with E-state index in [1.54, 1.807) is 36.0 Å². The molecule has 0 heterocycles.